The number of hydrogen-bond donors (Lipinski definition) is 0. The summed E-state index contributed by atoms with van der Waals surface area (Å²) in [6.07, 6.45) is 3.13. The van der Waals surface area contributed by atoms with Crippen molar-refractivity contribution >= 4 is 28.7 Å². The van der Waals surface area contributed by atoms with Gasteiger partial charge in [-0.2, -0.15) is 0 Å². The predicted octanol–water partition coefficient (Wildman–Crippen LogP) is 4.02. The van der Waals surface area contributed by atoms with Crippen molar-refractivity contribution in [2.24, 2.45) is 0 Å². The average Bonchev–Trinajstić information content (AvgIpc) is 2.75. The number of Topliss-reactive ketones (excluding diaryl/α,β-unsaturated/α-hetero) is 1. The SMILES string of the molecule is Cc1ccnc2c1C(=O)CC(c1sccc1Cl)C2. The van der Waals surface area contributed by atoms with Crippen LogP contribution in [0.25, 0.3) is 0 Å². The first-order valence-corrected chi connectivity index (χ1v) is 7.13. The van der Waals surface area contributed by atoms with Crippen molar-refractivity contribution in [3.05, 3.63) is 50.4 Å². The Morgan fingerprint density at radius 2 is 2.22 bits per heavy atom. The molecule has 1 atom stereocenters. The zero-order chi connectivity index (χ0) is 12.7. The highest BCUT2D eigenvalue weighted by Gasteiger charge is 2.29. The normalized spacial score (nSPS) is 18.8. The third-order valence-corrected chi connectivity index (χ3v) is 4.92. The minimum Gasteiger partial charge on any atom is -0.294 e. The van der Waals surface area contributed by atoms with Gasteiger partial charge in [-0.25, -0.2) is 0 Å². The van der Waals surface area contributed by atoms with Crippen molar-refractivity contribution in [3.63, 3.8) is 0 Å². The van der Waals surface area contributed by atoms with E-state index in [4.69, 9.17) is 11.6 Å². The van der Waals surface area contributed by atoms with Gasteiger partial charge in [-0.15, -0.1) is 11.3 Å². The number of halogens is 1. The zero-order valence-electron chi connectivity index (χ0n) is 9.94. The van der Waals surface area contributed by atoms with E-state index in [1.54, 1.807) is 17.5 Å². The van der Waals surface area contributed by atoms with Crippen LogP contribution in [0.3, 0.4) is 0 Å². The van der Waals surface area contributed by atoms with E-state index in [-0.39, 0.29) is 11.7 Å². The van der Waals surface area contributed by atoms with Gasteiger partial charge in [-0.05, 0) is 36.4 Å². The number of pyridine rings is 1. The van der Waals surface area contributed by atoms with Crippen LogP contribution >= 0.6 is 22.9 Å². The number of aromatic nitrogens is 1. The van der Waals surface area contributed by atoms with Gasteiger partial charge in [0.1, 0.15) is 0 Å². The molecule has 0 radical (unpaired) electrons. The van der Waals surface area contributed by atoms with Crippen LogP contribution in [0.15, 0.2) is 23.7 Å². The quantitative estimate of drug-likeness (QED) is 0.788. The van der Waals surface area contributed by atoms with E-state index in [1.807, 2.05) is 24.4 Å². The molecule has 0 N–H and O–H groups in total. The average molecular weight is 278 g/mol. The molecule has 2 aromatic rings. The Labute approximate surface area is 115 Å². The summed E-state index contributed by atoms with van der Waals surface area (Å²) in [5, 5.41) is 2.75. The number of thiophene rings is 1. The molecule has 1 aliphatic rings. The van der Waals surface area contributed by atoms with Crippen LogP contribution in [0, 0.1) is 6.92 Å². The van der Waals surface area contributed by atoms with Gasteiger partial charge in [-0.1, -0.05) is 11.6 Å². The summed E-state index contributed by atoms with van der Waals surface area (Å²) in [6.45, 7) is 1.97. The number of aryl methyl sites for hydroxylation is 1. The lowest BCUT2D eigenvalue weighted by Crippen LogP contribution is -2.20. The van der Waals surface area contributed by atoms with Crippen LogP contribution in [0.5, 0.6) is 0 Å². The molecule has 1 unspecified atom stereocenters. The Hall–Kier alpha value is -1.19. The standard InChI is InChI=1S/C14H12ClNOS/c1-8-2-4-16-11-6-9(7-12(17)13(8)11)14-10(15)3-5-18-14/h2-5,9H,6-7H2,1H3. The number of hydrogen-bond acceptors (Lipinski definition) is 3. The summed E-state index contributed by atoms with van der Waals surface area (Å²) in [5.74, 6) is 0.378. The Kier molecular flexibility index (Phi) is 2.96. The number of ketones is 1. The fourth-order valence-electron chi connectivity index (χ4n) is 2.56. The molecule has 92 valence electrons. The summed E-state index contributed by atoms with van der Waals surface area (Å²) in [4.78, 5) is 17.7. The predicted molar refractivity (Wildman–Crippen MR) is 73.7 cm³/mol. The molecule has 2 nitrogen and oxygen atoms in total. The van der Waals surface area contributed by atoms with Gasteiger partial charge < -0.3 is 0 Å². The number of carbonyl (C=O) groups excluding carboxylic acids is 1. The maximum absolute atomic E-state index is 12.2. The summed E-state index contributed by atoms with van der Waals surface area (Å²) in [5.41, 5.74) is 2.77. The molecule has 0 aliphatic heterocycles. The minimum atomic E-state index is 0.187. The molecule has 0 bridgehead atoms. The molecule has 18 heavy (non-hydrogen) atoms. The van der Waals surface area contributed by atoms with Crippen molar-refractivity contribution in [1.29, 1.82) is 0 Å². The molecule has 1 aliphatic carbocycles. The first-order valence-electron chi connectivity index (χ1n) is 5.87. The fraction of sp³-hybridized carbons (Fsp3) is 0.286. The largest absolute Gasteiger partial charge is 0.294 e. The number of rotatable bonds is 1. The molecule has 3 rings (SSSR count). The fourth-order valence-corrected chi connectivity index (χ4v) is 3.88. The first-order chi connectivity index (χ1) is 8.66. The number of carbonyl (C=O) groups is 1. The van der Waals surface area contributed by atoms with Crippen molar-refractivity contribution < 1.29 is 4.79 Å². The second-order valence-corrected chi connectivity index (χ2v) is 5.97. The second kappa shape index (κ2) is 4.48. The zero-order valence-corrected chi connectivity index (χ0v) is 11.5. The van der Waals surface area contributed by atoms with Gasteiger partial charge >= 0.3 is 0 Å². The first kappa shape index (κ1) is 11.9. The van der Waals surface area contributed by atoms with Gasteiger partial charge in [0.2, 0.25) is 0 Å². The van der Waals surface area contributed by atoms with Crippen LogP contribution in [0.1, 0.15) is 38.8 Å². The second-order valence-electron chi connectivity index (χ2n) is 4.61. The van der Waals surface area contributed by atoms with Crippen LogP contribution in [-0.2, 0) is 6.42 Å². The van der Waals surface area contributed by atoms with Gasteiger partial charge in [0.25, 0.3) is 0 Å². The van der Waals surface area contributed by atoms with E-state index in [0.717, 1.165) is 33.1 Å². The van der Waals surface area contributed by atoms with Crippen LogP contribution < -0.4 is 0 Å². The lowest BCUT2D eigenvalue weighted by Gasteiger charge is -2.23. The summed E-state index contributed by atoms with van der Waals surface area (Å²) < 4.78 is 0. The summed E-state index contributed by atoms with van der Waals surface area (Å²) in [7, 11) is 0. The molecule has 0 saturated heterocycles. The Bertz CT molecular complexity index is 620. The van der Waals surface area contributed by atoms with Gasteiger partial charge in [0.05, 0.1) is 10.7 Å². The van der Waals surface area contributed by atoms with Crippen LogP contribution in [-0.4, -0.2) is 10.8 Å². The summed E-state index contributed by atoms with van der Waals surface area (Å²) >= 11 is 7.78. The molecule has 0 saturated carbocycles. The molecule has 0 aromatic carbocycles. The third-order valence-electron chi connectivity index (χ3n) is 3.40. The van der Waals surface area contributed by atoms with Crippen LogP contribution in [0.4, 0.5) is 0 Å². The molecule has 4 heteroatoms. The monoisotopic (exact) mass is 277 g/mol. The highest BCUT2D eigenvalue weighted by Crippen LogP contribution is 2.38. The molecule has 0 spiro atoms. The highest BCUT2D eigenvalue weighted by atomic mass is 35.5. The maximum atomic E-state index is 12.2. The molecule has 2 heterocycles. The lowest BCUT2D eigenvalue weighted by molar-refractivity contribution is 0.0963. The van der Waals surface area contributed by atoms with Gasteiger partial charge in [0.15, 0.2) is 5.78 Å². The smallest absolute Gasteiger partial charge is 0.165 e. The van der Waals surface area contributed by atoms with Crippen molar-refractivity contribution in [3.8, 4) is 0 Å². The van der Waals surface area contributed by atoms with E-state index >= 15 is 0 Å². The minimum absolute atomic E-state index is 0.187. The number of nitrogens with zero attached hydrogens (tertiary/aromatic N) is 1. The van der Waals surface area contributed by atoms with Crippen LogP contribution in [0.2, 0.25) is 5.02 Å². The van der Waals surface area contributed by atoms with Gasteiger partial charge in [0, 0.05) is 29.0 Å². The Balaban J connectivity index is 2.02. The van der Waals surface area contributed by atoms with Crippen molar-refractivity contribution in [2.75, 3.05) is 0 Å². The third kappa shape index (κ3) is 1.88. The van der Waals surface area contributed by atoms with Crippen molar-refractivity contribution in [2.45, 2.75) is 25.7 Å². The lowest BCUT2D eigenvalue weighted by atomic mass is 9.83. The highest BCUT2D eigenvalue weighted by molar-refractivity contribution is 7.10. The van der Waals surface area contributed by atoms with E-state index in [9.17, 15) is 4.79 Å². The Morgan fingerprint density at radius 1 is 1.39 bits per heavy atom. The van der Waals surface area contributed by atoms with E-state index in [1.165, 1.54) is 0 Å². The summed E-state index contributed by atoms with van der Waals surface area (Å²) in [6, 6.07) is 3.79. The van der Waals surface area contributed by atoms with Gasteiger partial charge in [-0.3, -0.25) is 9.78 Å². The topological polar surface area (TPSA) is 30.0 Å². The molecule has 0 amide bonds. The van der Waals surface area contributed by atoms with E-state index in [0.29, 0.717) is 6.42 Å². The molecular formula is C14H12ClNOS. The van der Waals surface area contributed by atoms with Crippen molar-refractivity contribution in [1.82, 2.24) is 4.98 Å². The molecular weight excluding hydrogens is 266 g/mol. The molecule has 0 fully saturated rings. The Morgan fingerprint density at radius 3 is 2.94 bits per heavy atom. The maximum Gasteiger partial charge on any atom is 0.165 e. The number of fused-ring (bicyclic) bond motifs is 1. The van der Waals surface area contributed by atoms with E-state index in [2.05, 4.69) is 4.98 Å². The van der Waals surface area contributed by atoms with E-state index < -0.39 is 0 Å². The molecule has 2 aromatic heterocycles.